The molecule has 2 aromatic rings. The summed E-state index contributed by atoms with van der Waals surface area (Å²) in [6.45, 7) is 4.96. The van der Waals surface area contributed by atoms with E-state index in [-0.39, 0.29) is 29.9 Å². The molecular formula is C21H24FN3O4S. The van der Waals surface area contributed by atoms with Crippen molar-refractivity contribution >= 4 is 29.1 Å². The van der Waals surface area contributed by atoms with Gasteiger partial charge in [-0.3, -0.25) is 14.4 Å². The third-order valence-electron chi connectivity index (χ3n) is 4.91. The smallest absolute Gasteiger partial charge is 0.309 e. The van der Waals surface area contributed by atoms with E-state index in [1.54, 1.807) is 28.7 Å². The van der Waals surface area contributed by atoms with Crippen LogP contribution in [0.3, 0.4) is 0 Å². The summed E-state index contributed by atoms with van der Waals surface area (Å²) >= 11 is 1.26. The van der Waals surface area contributed by atoms with Crippen molar-refractivity contribution < 1.29 is 23.5 Å². The van der Waals surface area contributed by atoms with Crippen molar-refractivity contribution in [3.05, 3.63) is 51.5 Å². The largest absolute Gasteiger partial charge is 0.466 e. The molecule has 160 valence electrons. The number of thiazole rings is 1. The monoisotopic (exact) mass is 433 g/mol. The van der Waals surface area contributed by atoms with E-state index in [1.165, 1.54) is 29.5 Å². The Morgan fingerprint density at radius 1 is 1.23 bits per heavy atom. The number of aryl methyl sites for hydroxylation is 1. The van der Waals surface area contributed by atoms with Gasteiger partial charge in [0.2, 0.25) is 5.91 Å². The lowest BCUT2D eigenvalue weighted by Crippen LogP contribution is -2.42. The molecular weight excluding hydrogens is 409 g/mol. The van der Waals surface area contributed by atoms with Gasteiger partial charge in [-0.25, -0.2) is 4.39 Å². The second-order valence-electron chi connectivity index (χ2n) is 7.06. The molecule has 0 atom stereocenters. The molecule has 0 saturated carbocycles. The first-order valence-corrected chi connectivity index (χ1v) is 10.7. The van der Waals surface area contributed by atoms with Crippen molar-refractivity contribution in [3.63, 3.8) is 0 Å². The van der Waals surface area contributed by atoms with Crippen molar-refractivity contribution in [2.75, 3.05) is 19.7 Å². The van der Waals surface area contributed by atoms with E-state index in [0.717, 1.165) is 4.88 Å². The molecule has 9 heteroatoms. The average Bonchev–Trinajstić information content (AvgIpc) is 3.07. The zero-order valence-corrected chi connectivity index (χ0v) is 17.8. The molecule has 0 bridgehead atoms. The van der Waals surface area contributed by atoms with Crippen molar-refractivity contribution in [3.8, 4) is 0 Å². The highest BCUT2D eigenvalue weighted by Crippen LogP contribution is 2.19. The Bertz CT molecular complexity index is 1010. The van der Waals surface area contributed by atoms with Crippen LogP contribution < -0.4 is 4.80 Å². The summed E-state index contributed by atoms with van der Waals surface area (Å²) in [4.78, 5) is 44.0. The van der Waals surface area contributed by atoms with Gasteiger partial charge in [0.1, 0.15) is 12.4 Å². The Labute approximate surface area is 177 Å². The third-order valence-corrected chi connectivity index (χ3v) is 5.85. The fraction of sp³-hybridized carbons (Fsp3) is 0.429. The van der Waals surface area contributed by atoms with E-state index in [4.69, 9.17) is 4.74 Å². The molecule has 0 N–H and O–H groups in total. The topological polar surface area (TPSA) is 81.0 Å². The Hall–Kier alpha value is -2.81. The second-order valence-corrected chi connectivity index (χ2v) is 8.27. The minimum atomic E-state index is -0.689. The van der Waals surface area contributed by atoms with Gasteiger partial charge in [-0.15, -0.1) is 11.3 Å². The van der Waals surface area contributed by atoms with Crippen LogP contribution in [0.5, 0.6) is 0 Å². The molecule has 1 aromatic heterocycles. The highest BCUT2D eigenvalue weighted by molar-refractivity contribution is 7.09. The van der Waals surface area contributed by atoms with Crippen LogP contribution in [0.2, 0.25) is 0 Å². The van der Waals surface area contributed by atoms with Gasteiger partial charge in [-0.05, 0) is 38.8 Å². The Kier molecular flexibility index (Phi) is 7.15. The Morgan fingerprint density at radius 2 is 1.93 bits per heavy atom. The maximum atomic E-state index is 13.9. The van der Waals surface area contributed by atoms with E-state index >= 15 is 0 Å². The summed E-state index contributed by atoms with van der Waals surface area (Å²) in [5.74, 6) is -1.82. The summed E-state index contributed by atoms with van der Waals surface area (Å²) in [7, 11) is 0. The van der Waals surface area contributed by atoms with Crippen molar-refractivity contribution in [1.29, 1.82) is 0 Å². The van der Waals surface area contributed by atoms with E-state index < -0.39 is 11.7 Å². The number of piperidine rings is 1. The van der Waals surface area contributed by atoms with Crippen LogP contribution in [-0.4, -0.2) is 46.9 Å². The lowest BCUT2D eigenvalue weighted by Gasteiger charge is -2.31. The molecule has 1 aliphatic heterocycles. The van der Waals surface area contributed by atoms with Gasteiger partial charge in [0, 0.05) is 24.2 Å². The number of carbonyl (C=O) groups excluding carboxylic acids is 3. The summed E-state index contributed by atoms with van der Waals surface area (Å²) in [6.07, 6.45) is 2.89. The standard InChI is InChI=1S/C21H24FN3O4S/c1-3-29-20(28)15-8-10-24(11-9-15)18(26)13-25-12-14(2)30-21(25)23-19(27)16-6-4-5-7-17(16)22/h4-7,12,15H,3,8-11,13H2,1-2H3. The van der Waals surface area contributed by atoms with E-state index in [1.807, 2.05) is 6.92 Å². The molecule has 2 amide bonds. The van der Waals surface area contributed by atoms with Crippen molar-refractivity contribution in [2.24, 2.45) is 10.9 Å². The summed E-state index contributed by atoms with van der Waals surface area (Å²) in [5.41, 5.74) is -0.109. The highest BCUT2D eigenvalue weighted by Gasteiger charge is 2.28. The molecule has 0 radical (unpaired) electrons. The first-order chi connectivity index (χ1) is 14.4. The summed E-state index contributed by atoms with van der Waals surface area (Å²) in [5, 5.41) is 0. The normalized spacial score (nSPS) is 15.3. The fourth-order valence-corrected chi connectivity index (χ4v) is 4.19. The van der Waals surface area contributed by atoms with Crippen LogP contribution in [0, 0.1) is 18.7 Å². The Morgan fingerprint density at radius 3 is 2.60 bits per heavy atom. The minimum absolute atomic E-state index is 0.0256. The van der Waals surface area contributed by atoms with E-state index in [9.17, 15) is 18.8 Å². The van der Waals surface area contributed by atoms with Crippen molar-refractivity contribution in [1.82, 2.24) is 9.47 Å². The molecule has 1 aliphatic rings. The number of likely N-dealkylation sites (tertiary alicyclic amines) is 1. The zero-order valence-electron chi connectivity index (χ0n) is 17.0. The quantitative estimate of drug-likeness (QED) is 0.679. The number of benzene rings is 1. The molecule has 1 aromatic carbocycles. The van der Waals surface area contributed by atoms with Crippen LogP contribution in [0.1, 0.15) is 35.0 Å². The predicted octanol–water partition coefficient (Wildman–Crippen LogP) is 2.54. The molecule has 2 heterocycles. The maximum absolute atomic E-state index is 13.9. The number of esters is 1. The predicted molar refractivity (Wildman–Crippen MR) is 109 cm³/mol. The first kappa shape index (κ1) is 21.9. The third kappa shape index (κ3) is 5.21. The Balaban J connectivity index is 1.69. The fourth-order valence-electron chi connectivity index (χ4n) is 3.36. The number of ether oxygens (including phenoxy) is 1. The van der Waals surface area contributed by atoms with Gasteiger partial charge in [-0.2, -0.15) is 4.99 Å². The zero-order chi connectivity index (χ0) is 21.7. The van der Waals surface area contributed by atoms with Crippen LogP contribution in [0.25, 0.3) is 0 Å². The molecule has 7 nitrogen and oxygen atoms in total. The first-order valence-electron chi connectivity index (χ1n) is 9.84. The maximum Gasteiger partial charge on any atom is 0.309 e. The number of nitrogens with zero attached hydrogens (tertiary/aromatic N) is 3. The van der Waals surface area contributed by atoms with Crippen LogP contribution >= 0.6 is 11.3 Å². The number of halogens is 1. The van der Waals surface area contributed by atoms with Crippen LogP contribution in [0.4, 0.5) is 4.39 Å². The van der Waals surface area contributed by atoms with Gasteiger partial charge < -0.3 is 14.2 Å². The molecule has 0 aliphatic carbocycles. The SMILES string of the molecule is CCOC(=O)C1CCN(C(=O)Cn2cc(C)sc2=NC(=O)c2ccccc2F)CC1. The molecule has 1 fully saturated rings. The van der Waals surface area contributed by atoms with E-state index in [0.29, 0.717) is 37.3 Å². The summed E-state index contributed by atoms with van der Waals surface area (Å²) < 4.78 is 20.5. The number of carbonyl (C=O) groups is 3. The number of hydrogen-bond acceptors (Lipinski definition) is 5. The van der Waals surface area contributed by atoms with Gasteiger partial charge in [0.05, 0.1) is 18.1 Å². The highest BCUT2D eigenvalue weighted by atomic mass is 32.1. The van der Waals surface area contributed by atoms with E-state index in [2.05, 4.69) is 4.99 Å². The molecule has 30 heavy (non-hydrogen) atoms. The molecule has 0 unspecified atom stereocenters. The van der Waals surface area contributed by atoms with Gasteiger partial charge >= 0.3 is 5.97 Å². The van der Waals surface area contributed by atoms with Crippen LogP contribution in [0.15, 0.2) is 35.5 Å². The molecule has 3 rings (SSSR count). The lowest BCUT2D eigenvalue weighted by molar-refractivity contribution is -0.151. The van der Waals surface area contributed by atoms with Gasteiger partial charge in [0.15, 0.2) is 4.80 Å². The number of rotatable bonds is 5. The molecule has 1 saturated heterocycles. The minimum Gasteiger partial charge on any atom is -0.466 e. The van der Waals surface area contributed by atoms with Crippen molar-refractivity contribution in [2.45, 2.75) is 33.2 Å². The number of amides is 2. The number of hydrogen-bond donors (Lipinski definition) is 0. The number of aromatic nitrogens is 1. The summed E-state index contributed by atoms with van der Waals surface area (Å²) in [6, 6.07) is 5.67. The molecule has 0 spiro atoms. The van der Waals surface area contributed by atoms with Crippen LogP contribution in [-0.2, 0) is 20.9 Å². The lowest BCUT2D eigenvalue weighted by atomic mass is 9.97. The van der Waals surface area contributed by atoms with Gasteiger partial charge in [0.25, 0.3) is 5.91 Å². The van der Waals surface area contributed by atoms with Gasteiger partial charge in [-0.1, -0.05) is 12.1 Å². The second kappa shape index (κ2) is 9.80. The average molecular weight is 434 g/mol.